The maximum atomic E-state index is 10.5. The number of anilines is 1. The van der Waals surface area contributed by atoms with Gasteiger partial charge in [0.25, 0.3) is 0 Å². The third-order valence-corrected chi connectivity index (χ3v) is 1.64. The van der Waals surface area contributed by atoms with Gasteiger partial charge in [0.2, 0.25) is 5.91 Å². The fourth-order valence-corrected chi connectivity index (χ4v) is 0.997. The molecule has 1 heterocycles. The molecule has 1 aromatic heterocycles. The predicted octanol–water partition coefficient (Wildman–Crippen LogP) is -0.992. The second kappa shape index (κ2) is 4.47. The molecule has 0 radical (unpaired) electrons. The Morgan fingerprint density at radius 1 is 1.57 bits per heavy atom. The van der Waals surface area contributed by atoms with Crippen LogP contribution >= 0.6 is 12.2 Å². The smallest absolute Gasteiger partial charge is 0.236 e. The number of rotatable bonds is 4. The molecule has 0 spiro atoms. The summed E-state index contributed by atoms with van der Waals surface area (Å²) in [5, 5.41) is 10.0. The standard InChI is InChI=1S/C7H9N5OS/c8-5(13)3-10-7-4(6(9)14)1-2-11-12-7/h1-2H,3H2,(H2,8,13)(H2,9,14)(H,10,12). The van der Waals surface area contributed by atoms with Crippen LogP contribution in [0.3, 0.4) is 0 Å². The molecule has 6 nitrogen and oxygen atoms in total. The minimum Gasteiger partial charge on any atom is -0.389 e. The van der Waals surface area contributed by atoms with Gasteiger partial charge in [0, 0.05) is 0 Å². The van der Waals surface area contributed by atoms with E-state index in [0.717, 1.165) is 0 Å². The van der Waals surface area contributed by atoms with Gasteiger partial charge < -0.3 is 16.8 Å². The lowest BCUT2D eigenvalue weighted by molar-refractivity contribution is -0.116. The number of thiocarbonyl (C=S) groups is 1. The Balaban J connectivity index is 2.84. The van der Waals surface area contributed by atoms with E-state index in [2.05, 4.69) is 15.5 Å². The molecule has 1 aromatic rings. The van der Waals surface area contributed by atoms with Gasteiger partial charge in [-0.05, 0) is 6.07 Å². The van der Waals surface area contributed by atoms with E-state index in [-0.39, 0.29) is 11.5 Å². The molecule has 7 heteroatoms. The molecule has 74 valence electrons. The van der Waals surface area contributed by atoms with Crippen molar-refractivity contribution >= 4 is 28.9 Å². The topological polar surface area (TPSA) is 107 Å². The van der Waals surface area contributed by atoms with Gasteiger partial charge in [0.05, 0.1) is 18.3 Å². The summed E-state index contributed by atoms with van der Waals surface area (Å²) < 4.78 is 0. The SMILES string of the molecule is NC(=O)CNc1nnccc1C(N)=S. The molecule has 0 atom stereocenters. The summed E-state index contributed by atoms with van der Waals surface area (Å²) >= 11 is 4.78. The number of aromatic nitrogens is 2. The first-order valence-electron chi connectivity index (χ1n) is 3.75. The monoisotopic (exact) mass is 211 g/mol. The summed E-state index contributed by atoms with van der Waals surface area (Å²) in [6, 6.07) is 1.61. The van der Waals surface area contributed by atoms with Crippen molar-refractivity contribution in [3.8, 4) is 0 Å². The van der Waals surface area contributed by atoms with E-state index in [0.29, 0.717) is 11.4 Å². The number of hydrogen-bond acceptors (Lipinski definition) is 5. The number of hydrogen-bond donors (Lipinski definition) is 3. The molecule has 1 amide bonds. The first-order chi connectivity index (χ1) is 6.61. The average Bonchev–Trinajstić information content (AvgIpc) is 2.15. The summed E-state index contributed by atoms with van der Waals surface area (Å²) in [5.41, 5.74) is 10.9. The van der Waals surface area contributed by atoms with Gasteiger partial charge in [-0.15, -0.1) is 5.10 Å². The lowest BCUT2D eigenvalue weighted by Gasteiger charge is -2.06. The fourth-order valence-electron chi connectivity index (χ4n) is 0.832. The van der Waals surface area contributed by atoms with Crippen LogP contribution in [0.5, 0.6) is 0 Å². The summed E-state index contributed by atoms with van der Waals surface area (Å²) in [7, 11) is 0. The Bertz CT molecular complexity index is 367. The molecule has 0 saturated heterocycles. The van der Waals surface area contributed by atoms with Crippen LogP contribution in [0.2, 0.25) is 0 Å². The van der Waals surface area contributed by atoms with Crippen molar-refractivity contribution in [1.29, 1.82) is 0 Å². The summed E-state index contributed by atoms with van der Waals surface area (Å²) in [6.45, 7) is -0.0334. The second-order valence-corrected chi connectivity index (χ2v) is 2.92. The number of carbonyl (C=O) groups excluding carboxylic acids is 1. The first-order valence-corrected chi connectivity index (χ1v) is 4.15. The Morgan fingerprint density at radius 2 is 2.29 bits per heavy atom. The van der Waals surface area contributed by atoms with E-state index < -0.39 is 5.91 Å². The van der Waals surface area contributed by atoms with Crippen LogP contribution in [0, 0.1) is 0 Å². The zero-order valence-corrected chi connectivity index (χ0v) is 8.04. The summed E-state index contributed by atoms with van der Waals surface area (Å²) in [4.78, 5) is 10.7. The molecule has 0 unspecified atom stereocenters. The Kier molecular flexibility index (Phi) is 3.29. The van der Waals surface area contributed by atoms with Gasteiger partial charge >= 0.3 is 0 Å². The van der Waals surface area contributed by atoms with Crippen LogP contribution in [-0.4, -0.2) is 27.6 Å². The molecule has 1 rings (SSSR count). The third-order valence-electron chi connectivity index (χ3n) is 1.42. The fraction of sp³-hybridized carbons (Fsp3) is 0.143. The Morgan fingerprint density at radius 3 is 2.86 bits per heavy atom. The Hall–Kier alpha value is -1.76. The number of primary amides is 1. The van der Waals surface area contributed by atoms with Crippen molar-refractivity contribution in [3.05, 3.63) is 17.8 Å². The molecule has 5 N–H and O–H groups in total. The van der Waals surface area contributed by atoms with E-state index in [1.54, 1.807) is 6.07 Å². The van der Waals surface area contributed by atoms with Crippen LogP contribution in [0.1, 0.15) is 5.56 Å². The van der Waals surface area contributed by atoms with Crippen LogP contribution in [0.4, 0.5) is 5.82 Å². The molecule has 0 saturated carbocycles. The maximum Gasteiger partial charge on any atom is 0.236 e. The van der Waals surface area contributed by atoms with Gasteiger partial charge in [-0.2, -0.15) is 5.10 Å². The molecule has 0 aliphatic heterocycles. The molecule has 0 fully saturated rings. The molecule has 0 aromatic carbocycles. The quantitative estimate of drug-likeness (QED) is 0.552. The largest absolute Gasteiger partial charge is 0.389 e. The van der Waals surface area contributed by atoms with Gasteiger partial charge in [-0.25, -0.2) is 0 Å². The third kappa shape index (κ3) is 2.63. The molecule has 14 heavy (non-hydrogen) atoms. The highest BCUT2D eigenvalue weighted by Crippen LogP contribution is 2.08. The average molecular weight is 211 g/mol. The van der Waals surface area contributed by atoms with Crippen LogP contribution in [0.15, 0.2) is 12.3 Å². The minimum absolute atomic E-state index is 0.0334. The summed E-state index contributed by atoms with van der Waals surface area (Å²) in [6.07, 6.45) is 1.46. The van der Waals surface area contributed by atoms with E-state index >= 15 is 0 Å². The first kappa shape index (κ1) is 10.3. The zero-order chi connectivity index (χ0) is 10.6. The van der Waals surface area contributed by atoms with Crippen LogP contribution in [-0.2, 0) is 4.79 Å². The maximum absolute atomic E-state index is 10.5. The molecule has 0 aliphatic carbocycles. The Labute approximate surface area is 85.7 Å². The van der Waals surface area contributed by atoms with Gasteiger partial charge in [0.15, 0.2) is 5.82 Å². The molecule has 0 bridgehead atoms. The number of nitrogens with one attached hydrogen (secondary N) is 1. The van der Waals surface area contributed by atoms with E-state index in [4.69, 9.17) is 23.7 Å². The molecule has 0 aliphatic rings. The van der Waals surface area contributed by atoms with Gasteiger partial charge in [0.1, 0.15) is 4.99 Å². The van der Waals surface area contributed by atoms with Crippen molar-refractivity contribution < 1.29 is 4.79 Å². The highest BCUT2D eigenvalue weighted by Gasteiger charge is 2.06. The van der Waals surface area contributed by atoms with E-state index in [1.807, 2.05) is 0 Å². The summed E-state index contributed by atoms with van der Waals surface area (Å²) in [5.74, 6) is -0.136. The number of nitrogens with zero attached hydrogens (tertiary/aromatic N) is 2. The van der Waals surface area contributed by atoms with Gasteiger partial charge in [-0.1, -0.05) is 12.2 Å². The van der Waals surface area contributed by atoms with Crippen molar-refractivity contribution in [1.82, 2.24) is 10.2 Å². The van der Waals surface area contributed by atoms with E-state index in [1.165, 1.54) is 6.20 Å². The number of nitrogens with two attached hydrogens (primary N) is 2. The zero-order valence-electron chi connectivity index (χ0n) is 7.23. The minimum atomic E-state index is -0.496. The lowest BCUT2D eigenvalue weighted by Crippen LogP contribution is -2.24. The van der Waals surface area contributed by atoms with Crippen molar-refractivity contribution in [2.75, 3.05) is 11.9 Å². The van der Waals surface area contributed by atoms with Crippen molar-refractivity contribution in [3.63, 3.8) is 0 Å². The van der Waals surface area contributed by atoms with Crippen LogP contribution < -0.4 is 16.8 Å². The second-order valence-electron chi connectivity index (χ2n) is 2.48. The van der Waals surface area contributed by atoms with Crippen LogP contribution in [0.25, 0.3) is 0 Å². The van der Waals surface area contributed by atoms with Crippen molar-refractivity contribution in [2.45, 2.75) is 0 Å². The van der Waals surface area contributed by atoms with Gasteiger partial charge in [-0.3, -0.25) is 4.79 Å². The van der Waals surface area contributed by atoms with E-state index in [9.17, 15) is 4.79 Å². The van der Waals surface area contributed by atoms with Crippen molar-refractivity contribution in [2.24, 2.45) is 11.5 Å². The predicted molar refractivity (Wildman–Crippen MR) is 55.6 cm³/mol. The lowest BCUT2D eigenvalue weighted by atomic mass is 10.3. The normalized spacial score (nSPS) is 9.43. The highest BCUT2D eigenvalue weighted by molar-refractivity contribution is 7.80. The number of amides is 1. The highest BCUT2D eigenvalue weighted by atomic mass is 32.1. The number of carbonyl (C=O) groups is 1. The molecular weight excluding hydrogens is 202 g/mol. The molecular formula is C7H9N5OS.